The smallest absolute Gasteiger partial charge is 0.255 e. The van der Waals surface area contributed by atoms with Crippen molar-refractivity contribution in [3.63, 3.8) is 0 Å². The van der Waals surface area contributed by atoms with Gasteiger partial charge in [0.15, 0.2) is 12.6 Å². The van der Waals surface area contributed by atoms with Crippen LogP contribution in [-0.4, -0.2) is 37.1 Å². The van der Waals surface area contributed by atoms with Crippen LogP contribution in [0.1, 0.15) is 16.7 Å². The van der Waals surface area contributed by atoms with Crippen LogP contribution in [0.25, 0.3) is 10.9 Å². The minimum atomic E-state index is -0.497. The van der Waals surface area contributed by atoms with E-state index < -0.39 is 5.91 Å². The number of para-hydroxylation sites is 1. The molecule has 0 radical (unpaired) electrons. The summed E-state index contributed by atoms with van der Waals surface area (Å²) < 4.78 is 5.34. The molecule has 0 fully saturated rings. The number of hydrogen-bond donors (Lipinski definition) is 4. The molecule has 3 rings (SSSR count). The first kappa shape index (κ1) is 20.3. The van der Waals surface area contributed by atoms with Crippen molar-refractivity contribution in [3.05, 3.63) is 65.4 Å². The number of rotatable bonds is 8. The molecule has 152 valence electrons. The van der Waals surface area contributed by atoms with E-state index in [2.05, 4.69) is 51.9 Å². The summed E-state index contributed by atoms with van der Waals surface area (Å²) in [4.78, 5) is 18.5. The maximum atomic E-state index is 10.8. The molecule has 0 aliphatic rings. The van der Waals surface area contributed by atoms with E-state index >= 15 is 0 Å². The summed E-state index contributed by atoms with van der Waals surface area (Å²) in [5, 5.41) is 7.90. The quantitative estimate of drug-likeness (QED) is 0.348. The summed E-state index contributed by atoms with van der Waals surface area (Å²) in [6, 6.07) is 13.9. The Morgan fingerprint density at radius 3 is 2.83 bits per heavy atom. The summed E-state index contributed by atoms with van der Waals surface area (Å²) >= 11 is 0. The van der Waals surface area contributed by atoms with Gasteiger partial charge in [-0.3, -0.25) is 9.79 Å². The number of aryl methyl sites for hydroxylation is 1. The lowest BCUT2D eigenvalue weighted by Gasteiger charge is -2.12. The molecule has 0 bridgehead atoms. The molecule has 2 aromatic carbocycles. The number of aliphatic imine (C=N–C) groups is 1. The molecule has 0 spiro atoms. The second-order valence-electron chi connectivity index (χ2n) is 6.82. The van der Waals surface area contributed by atoms with Gasteiger partial charge in [-0.1, -0.05) is 30.3 Å². The molecule has 0 unspecified atom stereocenters. The topological polar surface area (TPSA) is 105 Å². The highest BCUT2D eigenvalue weighted by Gasteiger charge is 2.06. The maximum Gasteiger partial charge on any atom is 0.255 e. The molecule has 0 atom stereocenters. The lowest BCUT2D eigenvalue weighted by Crippen LogP contribution is -2.37. The first-order valence-electron chi connectivity index (χ1n) is 9.57. The molecule has 7 nitrogen and oxygen atoms in total. The second kappa shape index (κ2) is 9.64. The largest absolute Gasteiger partial charge is 0.484 e. The Balaban J connectivity index is 1.50. The van der Waals surface area contributed by atoms with E-state index in [1.54, 1.807) is 13.1 Å². The summed E-state index contributed by atoms with van der Waals surface area (Å²) in [6.07, 6.45) is 2.97. The number of hydrogen-bond acceptors (Lipinski definition) is 3. The third-order valence-corrected chi connectivity index (χ3v) is 4.66. The first-order chi connectivity index (χ1) is 14.1. The van der Waals surface area contributed by atoms with Crippen molar-refractivity contribution in [2.75, 3.05) is 20.2 Å². The minimum Gasteiger partial charge on any atom is -0.484 e. The predicted octanol–water partition coefficient (Wildman–Crippen LogP) is 2.25. The van der Waals surface area contributed by atoms with Crippen LogP contribution in [0.15, 0.2) is 53.7 Å². The molecule has 29 heavy (non-hydrogen) atoms. The monoisotopic (exact) mass is 393 g/mol. The van der Waals surface area contributed by atoms with Crippen LogP contribution in [0.4, 0.5) is 0 Å². The van der Waals surface area contributed by atoms with Gasteiger partial charge in [-0.25, -0.2) is 0 Å². The number of amides is 1. The third-order valence-electron chi connectivity index (χ3n) is 4.66. The number of aromatic nitrogens is 1. The number of carbonyl (C=O) groups is 1. The molecule has 1 heterocycles. The number of benzene rings is 2. The van der Waals surface area contributed by atoms with Gasteiger partial charge in [0.05, 0.1) is 0 Å². The predicted molar refractivity (Wildman–Crippen MR) is 116 cm³/mol. The van der Waals surface area contributed by atoms with E-state index in [1.165, 1.54) is 22.0 Å². The Morgan fingerprint density at radius 1 is 1.21 bits per heavy atom. The molecule has 1 amide bonds. The van der Waals surface area contributed by atoms with Gasteiger partial charge in [0, 0.05) is 37.2 Å². The minimum absolute atomic E-state index is 0.131. The normalized spacial score (nSPS) is 11.4. The average molecular weight is 393 g/mol. The summed E-state index contributed by atoms with van der Waals surface area (Å²) in [5.74, 6) is 0.841. The fourth-order valence-corrected chi connectivity index (χ4v) is 3.19. The fraction of sp³-hybridized carbons (Fsp3) is 0.273. The molecule has 0 saturated heterocycles. The number of fused-ring (bicyclic) bond motifs is 1. The summed E-state index contributed by atoms with van der Waals surface area (Å²) in [7, 11) is 1.75. The Hall–Kier alpha value is -3.48. The Kier molecular flexibility index (Phi) is 6.73. The highest BCUT2D eigenvalue weighted by atomic mass is 16.5. The highest BCUT2D eigenvalue weighted by Crippen LogP contribution is 2.21. The number of nitrogens with one attached hydrogen (secondary N) is 3. The lowest BCUT2D eigenvalue weighted by atomic mass is 10.1. The molecule has 3 aromatic rings. The fourth-order valence-electron chi connectivity index (χ4n) is 3.19. The van der Waals surface area contributed by atoms with Gasteiger partial charge < -0.3 is 26.1 Å². The second-order valence-corrected chi connectivity index (χ2v) is 6.82. The average Bonchev–Trinajstić information content (AvgIpc) is 3.14. The zero-order valence-electron chi connectivity index (χ0n) is 16.8. The standard InChI is InChI=1S/C22H27N5O2/c1-15-5-3-8-19-17(13-26-21(15)19)9-10-25-22(24-2)27-12-16-6-4-7-18(11-16)29-14-20(23)28/h3-8,11,13,26H,9-10,12,14H2,1-2H3,(H2,23,28)(H2,24,25,27). The van der Waals surface area contributed by atoms with Gasteiger partial charge in [-0.05, 0) is 42.2 Å². The van der Waals surface area contributed by atoms with Crippen molar-refractivity contribution in [2.24, 2.45) is 10.7 Å². The van der Waals surface area contributed by atoms with Crippen LogP contribution in [0, 0.1) is 6.92 Å². The molecule has 1 aromatic heterocycles. The molecule has 0 aliphatic carbocycles. The van der Waals surface area contributed by atoms with Gasteiger partial charge in [0.2, 0.25) is 0 Å². The molecule has 5 N–H and O–H groups in total. The van der Waals surface area contributed by atoms with Gasteiger partial charge in [0.25, 0.3) is 5.91 Å². The number of carbonyl (C=O) groups excluding carboxylic acids is 1. The number of ether oxygens (including phenoxy) is 1. The van der Waals surface area contributed by atoms with Crippen LogP contribution in [0.5, 0.6) is 5.75 Å². The van der Waals surface area contributed by atoms with Gasteiger partial charge >= 0.3 is 0 Å². The van der Waals surface area contributed by atoms with Crippen molar-refractivity contribution >= 4 is 22.8 Å². The van der Waals surface area contributed by atoms with E-state index in [-0.39, 0.29) is 6.61 Å². The molecule has 0 aliphatic heterocycles. The van der Waals surface area contributed by atoms with Crippen LogP contribution in [0.2, 0.25) is 0 Å². The first-order valence-corrected chi connectivity index (χ1v) is 9.57. The van der Waals surface area contributed by atoms with Crippen molar-refractivity contribution in [1.82, 2.24) is 15.6 Å². The van der Waals surface area contributed by atoms with Crippen LogP contribution < -0.4 is 21.1 Å². The highest BCUT2D eigenvalue weighted by molar-refractivity contribution is 5.86. The molecular formula is C22H27N5O2. The van der Waals surface area contributed by atoms with E-state index in [9.17, 15) is 4.79 Å². The van der Waals surface area contributed by atoms with E-state index in [0.717, 1.165) is 24.5 Å². The Labute approximate surface area is 170 Å². The van der Waals surface area contributed by atoms with Crippen molar-refractivity contribution in [3.8, 4) is 5.75 Å². The molecule has 7 heteroatoms. The molecular weight excluding hydrogens is 366 g/mol. The van der Waals surface area contributed by atoms with E-state index in [1.807, 2.05) is 18.2 Å². The Morgan fingerprint density at radius 2 is 2.03 bits per heavy atom. The van der Waals surface area contributed by atoms with Gasteiger partial charge in [0.1, 0.15) is 5.75 Å². The van der Waals surface area contributed by atoms with E-state index in [4.69, 9.17) is 10.5 Å². The molecule has 0 saturated carbocycles. The van der Waals surface area contributed by atoms with Crippen molar-refractivity contribution < 1.29 is 9.53 Å². The zero-order chi connectivity index (χ0) is 20.6. The summed E-state index contributed by atoms with van der Waals surface area (Å²) in [5.41, 5.74) is 9.86. The van der Waals surface area contributed by atoms with Gasteiger partial charge in [-0.2, -0.15) is 0 Å². The number of aromatic amines is 1. The maximum absolute atomic E-state index is 10.8. The van der Waals surface area contributed by atoms with E-state index in [0.29, 0.717) is 12.3 Å². The van der Waals surface area contributed by atoms with Gasteiger partial charge in [-0.15, -0.1) is 0 Å². The van der Waals surface area contributed by atoms with Crippen molar-refractivity contribution in [2.45, 2.75) is 19.9 Å². The zero-order valence-corrected chi connectivity index (χ0v) is 16.8. The summed E-state index contributed by atoms with van der Waals surface area (Å²) in [6.45, 7) is 3.33. The number of H-pyrrole nitrogens is 1. The SMILES string of the molecule is CN=C(NCCc1c[nH]c2c(C)cccc12)NCc1cccc(OCC(N)=O)c1. The van der Waals surface area contributed by atoms with Crippen LogP contribution >= 0.6 is 0 Å². The number of nitrogens with two attached hydrogens (primary N) is 1. The van der Waals surface area contributed by atoms with Crippen LogP contribution in [-0.2, 0) is 17.8 Å². The Bertz CT molecular complexity index is 1010. The number of primary amides is 1. The number of guanidine groups is 1. The lowest BCUT2D eigenvalue weighted by molar-refractivity contribution is -0.119. The number of nitrogens with zero attached hydrogens (tertiary/aromatic N) is 1. The van der Waals surface area contributed by atoms with Crippen LogP contribution in [0.3, 0.4) is 0 Å². The van der Waals surface area contributed by atoms with Crippen molar-refractivity contribution in [1.29, 1.82) is 0 Å². The third kappa shape index (κ3) is 5.51.